The fraction of sp³-hybridized carbons (Fsp3) is 0.385. The first-order valence-corrected chi connectivity index (χ1v) is 6.03. The molecule has 3 rings (SSSR count). The second-order valence-corrected chi connectivity index (χ2v) is 4.50. The van der Waals surface area contributed by atoms with E-state index in [4.69, 9.17) is 4.74 Å². The van der Waals surface area contributed by atoms with E-state index in [9.17, 15) is 9.18 Å². The zero-order valence-electron chi connectivity index (χ0n) is 10.4. The Bertz CT molecular complexity index is 634. The number of carbonyl (C=O) groups excluding carboxylic acids is 1. The van der Waals surface area contributed by atoms with Gasteiger partial charge >= 0.3 is 5.97 Å². The molecule has 2 heterocycles. The fourth-order valence-electron chi connectivity index (χ4n) is 2.15. The van der Waals surface area contributed by atoms with E-state index >= 15 is 0 Å². The van der Waals surface area contributed by atoms with Gasteiger partial charge in [-0.3, -0.25) is 0 Å². The molecule has 1 saturated heterocycles. The molecule has 1 aromatic carbocycles. The molecule has 0 bridgehead atoms. The van der Waals surface area contributed by atoms with E-state index in [0.717, 1.165) is 19.1 Å². The molecule has 19 heavy (non-hydrogen) atoms. The predicted molar refractivity (Wildman–Crippen MR) is 65.4 cm³/mol. The monoisotopic (exact) mass is 264 g/mol. The van der Waals surface area contributed by atoms with Gasteiger partial charge in [0.15, 0.2) is 5.82 Å². The molecule has 1 aliphatic heterocycles. The summed E-state index contributed by atoms with van der Waals surface area (Å²) < 4.78 is 25.6. The number of hydrogen-bond acceptors (Lipinski definition) is 4. The highest BCUT2D eigenvalue weighted by Gasteiger charge is 2.21. The SMILES string of the molecule is COC(=O)c1cc(F)c2ncn(C[C@@H]3CCO3)c2c1. The molecular weight excluding hydrogens is 251 g/mol. The van der Waals surface area contributed by atoms with E-state index in [1.54, 1.807) is 17.0 Å². The van der Waals surface area contributed by atoms with Gasteiger partial charge in [0.25, 0.3) is 0 Å². The molecule has 0 saturated carbocycles. The molecule has 1 aliphatic rings. The minimum absolute atomic E-state index is 0.141. The van der Waals surface area contributed by atoms with E-state index in [1.165, 1.54) is 7.11 Å². The standard InChI is InChI=1S/C13H13FN2O3/c1-18-13(17)8-4-10(14)12-11(5-8)16(7-15-12)6-9-2-3-19-9/h4-5,7,9H,2-3,6H2,1H3/t9-/m0/s1. The Labute approximate surface area is 108 Å². The molecular formula is C13H13FN2O3. The lowest BCUT2D eigenvalue weighted by atomic mass is 10.1. The number of halogens is 1. The first-order chi connectivity index (χ1) is 9.19. The number of benzene rings is 1. The number of ether oxygens (including phenoxy) is 2. The molecule has 0 radical (unpaired) electrons. The summed E-state index contributed by atoms with van der Waals surface area (Å²) >= 11 is 0. The number of rotatable bonds is 3. The van der Waals surface area contributed by atoms with Crippen LogP contribution in [0.5, 0.6) is 0 Å². The van der Waals surface area contributed by atoms with Crippen molar-refractivity contribution in [3.8, 4) is 0 Å². The fourth-order valence-corrected chi connectivity index (χ4v) is 2.15. The van der Waals surface area contributed by atoms with Gasteiger partial charge in [0.05, 0.1) is 37.2 Å². The molecule has 2 aromatic rings. The molecule has 0 unspecified atom stereocenters. The van der Waals surface area contributed by atoms with Crippen LogP contribution in [0.2, 0.25) is 0 Å². The lowest BCUT2D eigenvalue weighted by Crippen LogP contribution is -2.30. The highest BCUT2D eigenvalue weighted by molar-refractivity contribution is 5.93. The zero-order valence-corrected chi connectivity index (χ0v) is 10.4. The molecule has 1 aromatic heterocycles. The maximum atomic E-state index is 13.9. The summed E-state index contributed by atoms with van der Waals surface area (Å²) in [6, 6.07) is 2.74. The lowest BCUT2D eigenvalue weighted by Gasteiger charge is -2.26. The molecule has 0 spiro atoms. The van der Waals surface area contributed by atoms with E-state index in [1.807, 2.05) is 0 Å². The molecule has 1 atom stereocenters. The van der Waals surface area contributed by atoms with Crippen LogP contribution in [0.3, 0.4) is 0 Å². The van der Waals surface area contributed by atoms with Crippen molar-refractivity contribution in [1.82, 2.24) is 9.55 Å². The number of nitrogens with zero attached hydrogens (tertiary/aromatic N) is 2. The predicted octanol–water partition coefficient (Wildman–Crippen LogP) is 1.75. The average molecular weight is 264 g/mol. The van der Waals surface area contributed by atoms with Crippen molar-refractivity contribution in [2.75, 3.05) is 13.7 Å². The van der Waals surface area contributed by atoms with Gasteiger partial charge in [-0.05, 0) is 18.6 Å². The van der Waals surface area contributed by atoms with E-state index in [0.29, 0.717) is 12.1 Å². The zero-order chi connectivity index (χ0) is 13.4. The second kappa shape index (κ2) is 4.62. The van der Waals surface area contributed by atoms with Gasteiger partial charge in [-0.25, -0.2) is 14.2 Å². The van der Waals surface area contributed by atoms with Crippen molar-refractivity contribution in [2.45, 2.75) is 19.1 Å². The Balaban J connectivity index is 2.03. The lowest BCUT2D eigenvalue weighted by molar-refractivity contribution is -0.0586. The Hall–Kier alpha value is -1.95. The summed E-state index contributed by atoms with van der Waals surface area (Å²) in [5.74, 6) is -1.08. The number of methoxy groups -OCH3 is 1. The maximum Gasteiger partial charge on any atom is 0.338 e. The van der Waals surface area contributed by atoms with E-state index in [-0.39, 0.29) is 17.2 Å². The van der Waals surface area contributed by atoms with Crippen LogP contribution in [0.15, 0.2) is 18.5 Å². The van der Waals surface area contributed by atoms with Crippen LogP contribution in [0.1, 0.15) is 16.8 Å². The summed E-state index contributed by atoms with van der Waals surface area (Å²) in [6.07, 6.45) is 2.69. The van der Waals surface area contributed by atoms with Crippen LogP contribution in [0, 0.1) is 5.82 Å². The Morgan fingerprint density at radius 2 is 2.42 bits per heavy atom. The Morgan fingerprint density at radius 3 is 3.05 bits per heavy atom. The summed E-state index contributed by atoms with van der Waals surface area (Å²) in [7, 11) is 1.27. The van der Waals surface area contributed by atoms with Crippen molar-refractivity contribution in [1.29, 1.82) is 0 Å². The smallest absolute Gasteiger partial charge is 0.338 e. The second-order valence-electron chi connectivity index (χ2n) is 4.50. The summed E-state index contributed by atoms with van der Waals surface area (Å²) in [5.41, 5.74) is 1.02. The summed E-state index contributed by atoms with van der Waals surface area (Å²) in [5, 5.41) is 0. The average Bonchev–Trinajstić information content (AvgIpc) is 2.76. The summed E-state index contributed by atoms with van der Waals surface area (Å²) in [6.45, 7) is 1.37. The van der Waals surface area contributed by atoms with Crippen LogP contribution in [-0.2, 0) is 16.0 Å². The number of aromatic nitrogens is 2. The van der Waals surface area contributed by atoms with Crippen molar-refractivity contribution in [2.24, 2.45) is 0 Å². The minimum Gasteiger partial charge on any atom is -0.465 e. The number of carbonyl (C=O) groups is 1. The number of esters is 1. The molecule has 1 fully saturated rings. The van der Waals surface area contributed by atoms with Crippen LogP contribution in [0.25, 0.3) is 11.0 Å². The minimum atomic E-state index is -0.562. The van der Waals surface area contributed by atoms with Gasteiger partial charge in [0.1, 0.15) is 5.52 Å². The maximum absolute atomic E-state index is 13.9. The first-order valence-electron chi connectivity index (χ1n) is 6.03. The van der Waals surface area contributed by atoms with Crippen molar-refractivity contribution in [3.05, 3.63) is 29.8 Å². The van der Waals surface area contributed by atoms with Crippen molar-refractivity contribution >= 4 is 17.0 Å². The van der Waals surface area contributed by atoms with Crippen LogP contribution >= 0.6 is 0 Å². The molecule has 5 nitrogen and oxygen atoms in total. The van der Waals surface area contributed by atoms with Gasteiger partial charge < -0.3 is 14.0 Å². The highest BCUT2D eigenvalue weighted by Crippen LogP contribution is 2.22. The Morgan fingerprint density at radius 1 is 1.63 bits per heavy atom. The number of imidazole rings is 1. The Kier molecular flexibility index (Phi) is 2.94. The van der Waals surface area contributed by atoms with Gasteiger partial charge in [-0.2, -0.15) is 0 Å². The summed E-state index contributed by atoms with van der Waals surface area (Å²) in [4.78, 5) is 15.5. The molecule has 100 valence electrons. The molecule has 0 amide bonds. The van der Waals surface area contributed by atoms with E-state index < -0.39 is 11.8 Å². The largest absolute Gasteiger partial charge is 0.465 e. The van der Waals surface area contributed by atoms with Crippen LogP contribution in [0.4, 0.5) is 4.39 Å². The van der Waals surface area contributed by atoms with E-state index in [2.05, 4.69) is 9.72 Å². The van der Waals surface area contributed by atoms with Gasteiger partial charge in [-0.1, -0.05) is 0 Å². The quantitative estimate of drug-likeness (QED) is 0.792. The third-order valence-electron chi connectivity index (χ3n) is 3.29. The van der Waals surface area contributed by atoms with Gasteiger partial charge in [0, 0.05) is 6.61 Å². The topological polar surface area (TPSA) is 53.3 Å². The third kappa shape index (κ3) is 2.08. The van der Waals surface area contributed by atoms with Gasteiger partial charge in [0.2, 0.25) is 0 Å². The number of fused-ring (bicyclic) bond motifs is 1. The van der Waals surface area contributed by atoms with Crippen molar-refractivity contribution in [3.63, 3.8) is 0 Å². The van der Waals surface area contributed by atoms with Crippen molar-refractivity contribution < 1.29 is 18.7 Å². The molecule has 0 aliphatic carbocycles. The highest BCUT2D eigenvalue weighted by atomic mass is 19.1. The number of hydrogen-bond donors (Lipinski definition) is 0. The normalized spacial score (nSPS) is 18.3. The van der Waals surface area contributed by atoms with Crippen LogP contribution in [-0.4, -0.2) is 35.3 Å². The third-order valence-corrected chi connectivity index (χ3v) is 3.29. The molecule has 0 N–H and O–H groups in total. The van der Waals surface area contributed by atoms with Gasteiger partial charge in [-0.15, -0.1) is 0 Å². The van der Waals surface area contributed by atoms with Crippen LogP contribution < -0.4 is 0 Å². The molecule has 6 heteroatoms. The first kappa shape index (κ1) is 12.1.